The standard InChI is InChI=1S/C15H18N2O5S/c1-9(23(18,19)13-8-15(2,3)22-16-13)14-11-7-10(20-4)5-6-12(11)21-17-14/h5-7,9H,8H2,1-4H3. The van der Waals surface area contributed by atoms with Gasteiger partial charge in [-0.15, -0.1) is 0 Å². The lowest BCUT2D eigenvalue weighted by Gasteiger charge is -2.14. The van der Waals surface area contributed by atoms with Crippen molar-refractivity contribution in [3.05, 3.63) is 23.9 Å². The number of aromatic nitrogens is 1. The normalized spacial score (nSPS) is 18.5. The number of rotatable bonds is 3. The number of fused-ring (bicyclic) bond motifs is 1. The molecule has 1 aliphatic heterocycles. The Morgan fingerprint density at radius 2 is 2.09 bits per heavy atom. The summed E-state index contributed by atoms with van der Waals surface area (Å²) >= 11 is 0. The molecule has 1 aromatic carbocycles. The van der Waals surface area contributed by atoms with E-state index in [1.54, 1.807) is 46.1 Å². The lowest BCUT2D eigenvalue weighted by atomic mass is 10.1. The van der Waals surface area contributed by atoms with Crippen molar-refractivity contribution in [2.45, 2.75) is 38.0 Å². The number of ether oxygens (including phenoxy) is 1. The Balaban J connectivity index is 2.02. The lowest BCUT2D eigenvalue weighted by Crippen LogP contribution is -2.25. The summed E-state index contributed by atoms with van der Waals surface area (Å²) < 4.78 is 36.0. The van der Waals surface area contributed by atoms with Gasteiger partial charge in [0, 0.05) is 11.8 Å². The van der Waals surface area contributed by atoms with Crippen molar-refractivity contribution in [1.29, 1.82) is 0 Å². The molecule has 8 heteroatoms. The predicted molar refractivity (Wildman–Crippen MR) is 85.1 cm³/mol. The Morgan fingerprint density at radius 1 is 1.35 bits per heavy atom. The maximum atomic E-state index is 12.8. The molecule has 0 aliphatic carbocycles. The summed E-state index contributed by atoms with van der Waals surface area (Å²) in [5.74, 6) is 0.606. The molecule has 1 unspecified atom stereocenters. The van der Waals surface area contributed by atoms with Crippen molar-refractivity contribution in [2.75, 3.05) is 7.11 Å². The van der Waals surface area contributed by atoms with E-state index in [4.69, 9.17) is 14.1 Å². The summed E-state index contributed by atoms with van der Waals surface area (Å²) in [4.78, 5) is 5.18. The highest BCUT2D eigenvalue weighted by Gasteiger charge is 2.40. The van der Waals surface area contributed by atoms with Gasteiger partial charge in [0.25, 0.3) is 0 Å². The van der Waals surface area contributed by atoms with Crippen LogP contribution < -0.4 is 4.74 Å². The molecule has 1 aliphatic rings. The van der Waals surface area contributed by atoms with Gasteiger partial charge in [-0.1, -0.05) is 10.3 Å². The summed E-state index contributed by atoms with van der Waals surface area (Å²) in [6.45, 7) is 5.15. The molecule has 124 valence electrons. The minimum atomic E-state index is -3.68. The van der Waals surface area contributed by atoms with E-state index < -0.39 is 20.7 Å². The molecule has 0 N–H and O–H groups in total. The van der Waals surface area contributed by atoms with Crippen LogP contribution in [0.3, 0.4) is 0 Å². The molecule has 0 spiro atoms. The lowest BCUT2D eigenvalue weighted by molar-refractivity contribution is 0.0123. The van der Waals surface area contributed by atoms with Crippen LogP contribution in [0.2, 0.25) is 0 Å². The molecule has 3 rings (SSSR count). The van der Waals surface area contributed by atoms with E-state index >= 15 is 0 Å². The van der Waals surface area contributed by atoms with Crippen LogP contribution in [0.1, 0.15) is 38.1 Å². The Bertz CT molecular complexity index is 882. The quantitative estimate of drug-likeness (QED) is 0.854. The number of benzene rings is 1. The van der Waals surface area contributed by atoms with E-state index in [0.717, 1.165) is 0 Å². The summed E-state index contributed by atoms with van der Waals surface area (Å²) in [6.07, 6.45) is 0.235. The number of oxime groups is 1. The van der Waals surface area contributed by atoms with Gasteiger partial charge in [0.15, 0.2) is 10.6 Å². The van der Waals surface area contributed by atoms with Crippen molar-refractivity contribution in [3.63, 3.8) is 0 Å². The Kier molecular flexibility index (Phi) is 3.59. The van der Waals surface area contributed by atoms with Crippen LogP contribution in [0.25, 0.3) is 11.0 Å². The fraction of sp³-hybridized carbons (Fsp3) is 0.467. The SMILES string of the molecule is COc1ccc2onc(C(C)S(=O)(=O)C3=NOC(C)(C)C3)c2c1. The van der Waals surface area contributed by atoms with Crippen molar-refractivity contribution in [3.8, 4) is 5.75 Å². The Hall–Kier alpha value is -2.09. The maximum absolute atomic E-state index is 12.8. The Labute approximate surface area is 134 Å². The third-order valence-electron chi connectivity index (χ3n) is 3.86. The second kappa shape index (κ2) is 5.23. The van der Waals surface area contributed by atoms with Gasteiger partial charge in [-0.2, -0.15) is 0 Å². The first-order chi connectivity index (χ1) is 10.7. The second-order valence-corrected chi connectivity index (χ2v) is 8.40. The molecular formula is C15H18N2O5S. The number of methoxy groups -OCH3 is 1. The van der Waals surface area contributed by atoms with Gasteiger partial charge >= 0.3 is 0 Å². The van der Waals surface area contributed by atoms with Gasteiger partial charge < -0.3 is 14.1 Å². The van der Waals surface area contributed by atoms with Crippen molar-refractivity contribution in [1.82, 2.24) is 5.16 Å². The molecule has 2 heterocycles. The van der Waals surface area contributed by atoms with Crippen LogP contribution >= 0.6 is 0 Å². The largest absolute Gasteiger partial charge is 0.497 e. The van der Waals surface area contributed by atoms with Crippen LogP contribution in [0.15, 0.2) is 27.9 Å². The third-order valence-corrected chi connectivity index (χ3v) is 5.89. The van der Waals surface area contributed by atoms with Crippen LogP contribution in [-0.2, 0) is 14.7 Å². The van der Waals surface area contributed by atoms with Crippen LogP contribution in [0.4, 0.5) is 0 Å². The van der Waals surface area contributed by atoms with Gasteiger partial charge in [-0.05, 0) is 39.0 Å². The molecule has 2 aromatic rings. The predicted octanol–water partition coefficient (Wildman–Crippen LogP) is 2.82. The van der Waals surface area contributed by atoms with Crippen LogP contribution in [0.5, 0.6) is 5.75 Å². The summed E-state index contributed by atoms with van der Waals surface area (Å²) in [7, 11) is -2.14. The van der Waals surface area contributed by atoms with Gasteiger partial charge in [-0.25, -0.2) is 8.42 Å². The van der Waals surface area contributed by atoms with Gasteiger partial charge in [0.2, 0.25) is 9.84 Å². The minimum absolute atomic E-state index is 0.0362. The number of nitrogens with zero attached hydrogens (tertiary/aromatic N) is 2. The van der Waals surface area contributed by atoms with Crippen molar-refractivity contribution < 1.29 is 22.5 Å². The summed E-state index contributed by atoms with van der Waals surface area (Å²) in [5.41, 5.74) is 0.233. The van der Waals surface area contributed by atoms with Crippen LogP contribution in [-0.4, -0.2) is 31.3 Å². The fourth-order valence-corrected chi connectivity index (χ4v) is 4.03. The highest BCUT2D eigenvalue weighted by Crippen LogP contribution is 2.35. The number of sulfone groups is 1. The molecule has 0 saturated carbocycles. The summed E-state index contributed by atoms with van der Waals surface area (Å²) in [5, 5.41) is 7.44. The first-order valence-corrected chi connectivity index (χ1v) is 8.71. The molecular weight excluding hydrogens is 320 g/mol. The molecule has 1 aromatic heterocycles. The molecule has 0 radical (unpaired) electrons. The number of hydrogen-bond donors (Lipinski definition) is 0. The first kappa shape index (κ1) is 15.8. The molecule has 0 saturated heterocycles. The summed E-state index contributed by atoms with van der Waals surface area (Å²) in [6, 6.07) is 5.14. The number of hydrogen-bond acceptors (Lipinski definition) is 7. The molecule has 0 amide bonds. The van der Waals surface area contributed by atoms with Gasteiger partial charge in [-0.3, -0.25) is 0 Å². The molecule has 1 atom stereocenters. The van der Waals surface area contributed by atoms with Crippen molar-refractivity contribution >= 4 is 25.9 Å². The smallest absolute Gasteiger partial charge is 0.203 e. The van der Waals surface area contributed by atoms with E-state index in [2.05, 4.69) is 10.3 Å². The van der Waals surface area contributed by atoms with E-state index in [1.165, 1.54) is 0 Å². The first-order valence-electron chi connectivity index (χ1n) is 7.17. The van der Waals surface area contributed by atoms with Gasteiger partial charge in [0.1, 0.15) is 22.3 Å². The molecule has 7 nitrogen and oxygen atoms in total. The van der Waals surface area contributed by atoms with Crippen LogP contribution in [0, 0.1) is 0 Å². The second-order valence-electron chi connectivity index (χ2n) is 6.13. The zero-order valence-electron chi connectivity index (χ0n) is 13.4. The highest BCUT2D eigenvalue weighted by molar-refractivity contribution is 8.06. The van der Waals surface area contributed by atoms with E-state index in [1.807, 2.05) is 0 Å². The minimum Gasteiger partial charge on any atom is -0.497 e. The average molecular weight is 338 g/mol. The zero-order valence-corrected chi connectivity index (χ0v) is 14.2. The Morgan fingerprint density at radius 3 is 2.70 bits per heavy atom. The zero-order chi connectivity index (χ0) is 16.8. The molecule has 23 heavy (non-hydrogen) atoms. The highest BCUT2D eigenvalue weighted by atomic mass is 32.2. The van der Waals surface area contributed by atoms with Crippen molar-refractivity contribution in [2.24, 2.45) is 5.16 Å². The van der Waals surface area contributed by atoms with E-state index in [-0.39, 0.29) is 11.5 Å². The van der Waals surface area contributed by atoms with Gasteiger partial charge in [0.05, 0.1) is 7.11 Å². The fourth-order valence-electron chi connectivity index (χ4n) is 2.46. The topological polar surface area (TPSA) is 91.0 Å². The maximum Gasteiger partial charge on any atom is 0.203 e. The molecule has 0 fully saturated rings. The van der Waals surface area contributed by atoms with E-state index in [9.17, 15) is 8.42 Å². The monoisotopic (exact) mass is 338 g/mol. The third kappa shape index (κ3) is 2.67. The van der Waals surface area contributed by atoms with E-state index in [0.29, 0.717) is 22.4 Å². The molecule has 0 bridgehead atoms. The average Bonchev–Trinajstić information content (AvgIpc) is 3.08.